The maximum atomic E-state index is 12.1. The summed E-state index contributed by atoms with van der Waals surface area (Å²) in [5.74, 6) is -0.466. The maximum Gasteiger partial charge on any atom is 0.270 e. The lowest BCUT2D eigenvalue weighted by Gasteiger charge is -2.08. The number of anilines is 1. The fourth-order valence-corrected chi connectivity index (χ4v) is 2.79. The summed E-state index contributed by atoms with van der Waals surface area (Å²) in [5.41, 5.74) is 0.447. The second-order valence-corrected chi connectivity index (χ2v) is 5.76. The first-order valence-corrected chi connectivity index (χ1v) is 7.21. The van der Waals surface area contributed by atoms with Crippen LogP contribution in [-0.2, 0) is 0 Å². The van der Waals surface area contributed by atoms with Crippen LogP contribution < -0.4 is 5.32 Å². The number of phenols is 1. The minimum Gasteiger partial charge on any atom is -0.506 e. The number of carbonyl (C=O) groups is 1. The highest BCUT2D eigenvalue weighted by Gasteiger charge is 2.13. The molecule has 0 aliphatic rings. The van der Waals surface area contributed by atoms with E-state index in [0.717, 1.165) is 0 Å². The highest BCUT2D eigenvalue weighted by atomic mass is 79.9. The zero-order chi connectivity index (χ0) is 15.6. The molecule has 2 N–H and O–H groups in total. The second kappa shape index (κ2) is 6.23. The molecule has 21 heavy (non-hydrogen) atoms. The first-order chi connectivity index (χ1) is 9.88. The van der Waals surface area contributed by atoms with Crippen LogP contribution in [0.2, 0.25) is 0 Å². The van der Waals surface area contributed by atoms with Gasteiger partial charge in [-0.05, 0) is 50.1 Å². The fourth-order valence-electron chi connectivity index (χ4n) is 1.60. The smallest absolute Gasteiger partial charge is 0.270 e. The molecule has 0 fully saturated rings. The van der Waals surface area contributed by atoms with E-state index in [4.69, 9.17) is 0 Å². The molecule has 0 atom stereocenters. The van der Waals surface area contributed by atoms with Crippen LogP contribution in [0.4, 0.5) is 11.4 Å². The Balaban J connectivity index is 2.26. The molecular formula is C13H8Br2N2O4. The zero-order valence-corrected chi connectivity index (χ0v) is 13.5. The summed E-state index contributed by atoms with van der Waals surface area (Å²) in [4.78, 5) is 22.2. The van der Waals surface area contributed by atoms with Gasteiger partial charge in [-0.2, -0.15) is 0 Å². The molecular weight excluding hydrogens is 408 g/mol. The Hall–Kier alpha value is -1.93. The van der Waals surface area contributed by atoms with Gasteiger partial charge in [0.1, 0.15) is 5.75 Å². The molecule has 0 bridgehead atoms. The van der Waals surface area contributed by atoms with Crippen molar-refractivity contribution < 1.29 is 14.8 Å². The van der Waals surface area contributed by atoms with E-state index in [-0.39, 0.29) is 17.0 Å². The van der Waals surface area contributed by atoms with Gasteiger partial charge >= 0.3 is 0 Å². The number of hydrogen-bond donors (Lipinski definition) is 2. The van der Waals surface area contributed by atoms with E-state index in [9.17, 15) is 20.0 Å². The van der Waals surface area contributed by atoms with Crippen molar-refractivity contribution in [3.8, 4) is 5.75 Å². The largest absolute Gasteiger partial charge is 0.506 e. The molecule has 0 radical (unpaired) electrons. The number of aromatic hydroxyl groups is 1. The molecule has 108 valence electrons. The van der Waals surface area contributed by atoms with Gasteiger partial charge in [0.15, 0.2) is 0 Å². The van der Waals surface area contributed by atoms with Crippen LogP contribution in [0.3, 0.4) is 0 Å². The second-order valence-electron chi connectivity index (χ2n) is 4.05. The predicted octanol–water partition coefficient (Wildman–Crippen LogP) is 4.08. The van der Waals surface area contributed by atoms with E-state index >= 15 is 0 Å². The monoisotopic (exact) mass is 414 g/mol. The molecule has 0 heterocycles. The topological polar surface area (TPSA) is 92.5 Å². The van der Waals surface area contributed by atoms with Gasteiger partial charge in [-0.1, -0.05) is 6.07 Å². The van der Waals surface area contributed by atoms with Crippen molar-refractivity contribution in [3.05, 3.63) is 61.0 Å². The number of non-ortho nitro benzene ring substituents is 1. The molecule has 0 aliphatic carbocycles. The Morgan fingerprint density at radius 1 is 1.19 bits per heavy atom. The highest BCUT2D eigenvalue weighted by Crippen LogP contribution is 2.35. The third kappa shape index (κ3) is 3.59. The van der Waals surface area contributed by atoms with E-state index < -0.39 is 10.8 Å². The molecule has 6 nitrogen and oxygen atoms in total. The fraction of sp³-hybridized carbons (Fsp3) is 0. The average Bonchev–Trinajstić information content (AvgIpc) is 2.44. The number of hydrogen-bond acceptors (Lipinski definition) is 4. The third-order valence-electron chi connectivity index (χ3n) is 2.59. The van der Waals surface area contributed by atoms with E-state index in [1.165, 1.54) is 36.4 Å². The van der Waals surface area contributed by atoms with Crippen molar-refractivity contribution in [3.63, 3.8) is 0 Å². The van der Waals surface area contributed by atoms with Crippen molar-refractivity contribution >= 4 is 49.1 Å². The van der Waals surface area contributed by atoms with Gasteiger partial charge in [0.2, 0.25) is 0 Å². The molecule has 0 unspecified atom stereocenters. The zero-order valence-electron chi connectivity index (χ0n) is 10.3. The summed E-state index contributed by atoms with van der Waals surface area (Å²) in [6.45, 7) is 0. The van der Waals surface area contributed by atoms with Crippen molar-refractivity contribution in [1.29, 1.82) is 0 Å². The Labute approximate surface area is 136 Å². The van der Waals surface area contributed by atoms with Crippen molar-refractivity contribution in [2.24, 2.45) is 0 Å². The van der Waals surface area contributed by atoms with E-state index in [0.29, 0.717) is 14.6 Å². The third-order valence-corrected chi connectivity index (χ3v) is 3.80. The number of nitro benzene ring substituents is 1. The normalized spacial score (nSPS) is 10.2. The van der Waals surface area contributed by atoms with Gasteiger partial charge in [-0.15, -0.1) is 0 Å². The van der Waals surface area contributed by atoms with Crippen LogP contribution in [0, 0.1) is 10.1 Å². The molecule has 0 saturated carbocycles. The number of nitrogens with zero attached hydrogens (tertiary/aromatic N) is 1. The number of carbonyl (C=O) groups excluding carboxylic acids is 1. The Bertz CT molecular complexity index is 711. The molecule has 0 aromatic heterocycles. The highest BCUT2D eigenvalue weighted by molar-refractivity contribution is 9.11. The summed E-state index contributed by atoms with van der Waals surface area (Å²) in [7, 11) is 0. The van der Waals surface area contributed by atoms with Crippen LogP contribution in [0.15, 0.2) is 45.3 Å². The van der Waals surface area contributed by atoms with Crippen LogP contribution in [0.25, 0.3) is 0 Å². The lowest BCUT2D eigenvalue weighted by atomic mass is 10.2. The molecule has 2 rings (SSSR count). The number of nitro groups is 1. The van der Waals surface area contributed by atoms with Gasteiger partial charge in [0.25, 0.3) is 11.6 Å². The van der Waals surface area contributed by atoms with E-state index in [1.54, 1.807) is 0 Å². The van der Waals surface area contributed by atoms with Gasteiger partial charge in [-0.25, -0.2) is 0 Å². The Morgan fingerprint density at radius 2 is 1.81 bits per heavy atom. The SMILES string of the molecule is O=C(Nc1cc(Br)c(O)c(Br)c1)c1cccc([N+](=O)[O-])c1. The van der Waals surface area contributed by atoms with Gasteiger partial charge < -0.3 is 10.4 Å². The number of rotatable bonds is 3. The number of amides is 1. The standard InChI is InChI=1S/C13H8Br2N2O4/c14-10-5-8(6-11(15)12(10)18)16-13(19)7-2-1-3-9(4-7)17(20)21/h1-6,18H,(H,16,19). The van der Waals surface area contributed by atoms with E-state index in [1.807, 2.05) is 0 Å². The molecule has 1 amide bonds. The lowest BCUT2D eigenvalue weighted by molar-refractivity contribution is -0.384. The Kier molecular flexibility index (Phi) is 4.59. The minimum atomic E-state index is -0.565. The Morgan fingerprint density at radius 3 is 2.38 bits per heavy atom. The molecule has 2 aromatic carbocycles. The molecule has 0 aliphatic heterocycles. The van der Waals surface area contributed by atoms with Crippen LogP contribution >= 0.6 is 31.9 Å². The average molecular weight is 416 g/mol. The minimum absolute atomic E-state index is 0.0170. The van der Waals surface area contributed by atoms with Crippen LogP contribution in [0.1, 0.15) is 10.4 Å². The molecule has 0 saturated heterocycles. The van der Waals surface area contributed by atoms with Crippen LogP contribution in [-0.4, -0.2) is 15.9 Å². The summed E-state index contributed by atoms with van der Waals surface area (Å²) >= 11 is 6.31. The quantitative estimate of drug-likeness (QED) is 0.448. The number of benzene rings is 2. The lowest BCUT2D eigenvalue weighted by Crippen LogP contribution is -2.12. The van der Waals surface area contributed by atoms with Crippen molar-refractivity contribution in [2.45, 2.75) is 0 Å². The van der Waals surface area contributed by atoms with Gasteiger partial charge in [-0.3, -0.25) is 14.9 Å². The van der Waals surface area contributed by atoms with Gasteiger partial charge in [0.05, 0.1) is 13.9 Å². The van der Waals surface area contributed by atoms with E-state index in [2.05, 4.69) is 37.2 Å². The van der Waals surface area contributed by atoms with Crippen molar-refractivity contribution in [1.82, 2.24) is 0 Å². The number of halogens is 2. The number of nitrogens with one attached hydrogen (secondary N) is 1. The number of phenolic OH excluding ortho intramolecular Hbond substituents is 1. The first-order valence-electron chi connectivity index (χ1n) is 5.62. The summed E-state index contributed by atoms with van der Waals surface area (Å²) in [6, 6.07) is 8.47. The molecule has 8 heteroatoms. The summed E-state index contributed by atoms with van der Waals surface area (Å²) < 4.78 is 0.817. The summed E-state index contributed by atoms with van der Waals surface area (Å²) in [5, 5.41) is 22.9. The predicted molar refractivity (Wildman–Crippen MR) is 84.6 cm³/mol. The van der Waals surface area contributed by atoms with Crippen LogP contribution in [0.5, 0.6) is 5.75 Å². The van der Waals surface area contributed by atoms with Crippen molar-refractivity contribution in [2.75, 3.05) is 5.32 Å². The molecule has 2 aromatic rings. The molecule has 0 spiro atoms. The maximum absolute atomic E-state index is 12.1. The first kappa shape index (κ1) is 15.5. The summed E-state index contributed by atoms with van der Waals surface area (Å²) in [6.07, 6.45) is 0. The van der Waals surface area contributed by atoms with Gasteiger partial charge in [0, 0.05) is 23.4 Å².